The van der Waals surface area contributed by atoms with E-state index < -0.39 is 15.6 Å². The molecule has 0 amide bonds. The number of aromatic amines is 1. The van der Waals surface area contributed by atoms with Crippen LogP contribution in [-0.2, 0) is 10.0 Å². The van der Waals surface area contributed by atoms with Crippen molar-refractivity contribution in [3.8, 4) is 0 Å². The number of H-pyrrole nitrogens is 1. The summed E-state index contributed by atoms with van der Waals surface area (Å²) in [6.07, 6.45) is 1.21. The maximum absolute atomic E-state index is 11.9. The summed E-state index contributed by atoms with van der Waals surface area (Å²) in [6.45, 7) is 0. The Kier molecular flexibility index (Phi) is 3.02. The molecule has 4 N–H and O–H groups in total. The van der Waals surface area contributed by atoms with Crippen molar-refractivity contribution in [2.45, 2.75) is 4.90 Å². The lowest BCUT2D eigenvalue weighted by atomic mass is 10.3. The molecule has 0 aliphatic rings. The fourth-order valence-electron chi connectivity index (χ4n) is 1.26. The molecule has 1 aromatic carbocycles. The van der Waals surface area contributed by atoms with Crippen LogP contribution in [0.3, 0.4) is 0 Å². The van der Waals surface area contributed by atoms with E-state index in [1.54, 1.807) is 0 Å². The molecule has 0 spiro atoms. The number of benzene rings is 1. The molecule has 0 atom stereocenters. The molecule has 8 heteroatoms. The van der Waals surface area contributed by atoms with Crippen molar-refractivity contribution in [3.63, 3.8) is 0 Å². The van der Waals surface area contributed by atoms with Crippen LogP contribution < -0.4 is 16.0 Å². The zero-order chi connectivity index (χ0) is 13.2. The summed E-state index contributed by atoms with van der Waals surface area (Å²) in [4.78, 5) is 17.0. The first-order valence-corrected chi connectivity index (χ1v) is 6.39. The van der Waals surface area contributed by atoms with Gasteiger partial charge in [-0.25, -0.2) is 18.1 Å². The monoisotopic (exact) mass is 266 g/mol. The minimum atomic E-state index is -3.79. The van der Waals surface area contributed by atoms with Crippen LogP contribution in [0.1, 0.15) is 0 Å². The number of nitrogens with one attached hydrogen (secondary N) is 2. The molecule has 0 aliphatic carbocycles. The second-order valence-corrected chi connectivity index (χ2v) is 5.14. The van der Waals surface area contributed by atoms with E-state index in [0.29, 0.717) is 5.69 Å². The summed E-state index contributed by atoms with van der Waals surface area (Å²) in [5.41, 5.74) is 5.48. The lowest BCUT2D eigenvalue weighted by Crippen LogP contribution is -2.18. The molecule has 0 saturated carbocycles. The van der Waals surface area contributed by atoms with Crippen LogP contribution in [0.5, 0.6) is 0 Å². The molecule has 0 radical (unpaired) electrons. The first-order chi connectivity index (χ1) is 8.47. The van der Waals surface area contributed by atoms with Gasteiger partial charge in [-0.2, -0.15) is 0 Å². The number of rotatable bonds is 3. The molecule has 1 aromatic heterocycles. The normalized spacial score (nSPS) is 11.1. The Hall–Kier alpha value is -2.35. The van der Waals surface area contributed by atoms with Crippen LogP contribution in [0.4, 0.5) is 11.6 Å². The summed E-state index contributed by atoms with van der Waals surface area (Å²) in [6, 6.07) is 6.84. The van der Waals surface area contributed by atoms with Gasteiger partial charge in [-0.05, 0) is 24.3 Å². The van der Waals surface area contributed by atoms with Crippen molar-refractivity contribution in [2.24, 2.45) is 0 Å². The Morgan fingerprint density at radius 2 is 1.83 bits per heavy atom. The molecule has 1 heterocycles. The molecule has 2 rings (SSSR count). The molecule has 94 valence electrons. The highest BCUT2D eigenvalue weighted by Gasteiger charge is 2.14. The predicted molar refractivity (Wildman–Crippen MR) is 66.5 cm³/mol. The Bertz CT molecular complexity index is 706. The van der Waals surface area contributed by atoms with Crippen LogP contribution >= 0.6 is 0 Å². The molecule has 18 heavy (non-hydrogen) atoms. The van der Waals surface area contributed by atoms with E-state index in [4.69, 9.17) is 5.73 Å². The predicted octanol–water partition coefficient (Wildman–Crippen LogP) is 0.153. The summed E-state index contributed by atoms with van der Waals surface area (Å²) in [5.74, 6) is -0.140. The third-order valence-electron chi connectivity index (χ3n) is 2.09. The van der Waals surface area contributed by atoms with E-state index in [1.807, 2.05) is 0 Å². The molecule has 0 fully saturated rings. The van der Waals surface area contributed by atoms with Crippen molar-refractivity contribution in [3.05, 3.63) is 46.9 Å². The number of sulfonamides is 1. The number of anilines is 2. The van der Waals surface area contributed by atoms with Crippen molar-refractivity contribution in [1.82, 2.24) is 9.97 Å². The third-order valence-corrected chi connectivity index (χ3v) is 3.45. The van der Waals surface area contributed by atoms with E-state index in [1.165, 1.54) is 36.5 Å². The first-order valence-electron chi connectivity index (χ1n) is 4.91. The second kappa shape index (κ2) is 4.49. The SMILES string of the molecule is Nc1ccc(S(=O)(=O)Nc2nccc(=O)[nH]2)cc1. The minimum absolute atomic E-state index is 0.0307. The maximum Gasteiger partial charge on any atom is 0.264 e. The molecule has 2 aromatic rings. The van der Waals surface area contributed by atoms with E-state index in [9.17, 15) is 13.2 Å². The van der Waals surface area contributed by atoms with Crippen molar-refractivity contribution < 1.29 is 8.42 Å². The number of aromatic nitrogens is 2. The highest BCUT2D eigenvalue weighted by Crippen LogP contribution is 2.13. The van der Waals surface area contributed by atoms with E-state index in [-0.39, 0.29) is 10.8 Å². The lowest BCUT2D eigenvalue weighted by molar-refractivity contribution is 0.601. The largest absolute Gasteiger partial charge is 0.399 e. The fraction of sp³-hybridized carbons (Fsp3) is 0. The van der Waals surface area contributed by atoms with Crippen molar-refractivity contribution >= 4 is 21.7 Å². The maximum atomic E-state index is 11.9. The zero-order valence-electron chi connectivity index (χ0n) is 9.12. The number of nitrogen functional groups attached to an aromatic ring is 1. The minimum Gasteiger partial charge on any atom is -0.399 e. The summed E-state index contributed by atoms with van der Waals surface area (Å²) >= 11 is 0. The van der Waals surface area contributed by atoms with Gasteiger partial charge in [-0.3, -0.25) is 9.78 Å². The zero-order valence-corrected chi connectivity index (χ0v) is 9.94. The Balaban J connectivity index is 2.33. The average molecular weight is 266 g/mol. The molecule has 0 bridgehead atoms. The van der Waals surface area contributed by atoms with E-state index in [0.717, 1.165) is 0 Å². The molecule has 0 aliphatic heterocycles. The van der Waals surface area contributed by atoms with Crippen LogP contribution in [0.25, 0.3) is 0 Å². The fourth-order valence-corrected chi connectivity index (χ4v) is 2.23. The number of hydrogen-bond donors (Lipinski definition) is 3. The van der Waals surface area contributed by atoms with Gasteiger partial charge in [0.15, 0.2) is 0 Å². The Morgan fingerprint density at radius 3 is 2.44 bits per heavy atom. The second-order valence-electron chi connectivity index (χ2n) is 3.46. The molecule has 7 nitrogen and oxygen atoms in total. The van der Waals surface area contributed by atoms with Gasteiger partial charge in [-0.15, -0.1) is 0 Å². The van der Waals surface area contributed by atoms with E-state index >= 15 is 0 Å². The third kappa shape index (κ3) is 2.66. The van der Waals surface area contributed by atoms with Gasteiger partial charge in [0.2, 0.25) is 5.95 Å². The van der Waals surface area contributed by atoms with Crippen LogP contribution in [0.2, 0.25) is 0 Å². The van der Waals surface area contributed by atoms with Crippen LogP contribution in [-0.4, -0.2) is 18.4 Å². The van der Waals surface area contributed by atoms with Gasteiger partial charge in [0.1, 0.15) is 0 Å². The van der Waals surface area contributed by atoms with Gasteiger partial charge < -0.3 is 5.73 Å². The first kappa shape index (κ1) is 12.1. The van der Waals surface area contributed by atoms with Gasteiger partial charge in [-0.1, -0.05) is 0 Å². The molecule has 0 saturated heterocycles. The van der Waals surface area contributed by atoms with E-state index in [2.05, 4.69) is 14.7 Å². The van der Waals surface area contributed by atoms with Crippen molar-refractivity contribution in [1.29, 1.82) is 0 Å². The lowest BCUT2D eigenvalue weighted by Gasteiger charge is -2.06. The molecular weight excluding hydrogens is 256 g/mol. The number of nitrogens with zero attached hydrogens (tertiary/aromatic N) is 1. The van der Waals surface area contributed by atoms with Crippen LogP contribution in [0.15, 0.2) is 46.2 Å². The quantitative estimate of drug-likeness (QED) is 0.683. The number of hydrogen-bond acceptors (Lipinski definition) is 5. The van der Waals surface area contributed by atoms with Gasteiger partial charge in [0.25, 0.3) is 15.6 Å². The highest BCUT2D eigenvalue weighted by atomic mass is 32.2. The standard InChI is InChI=1S/C10H10N4O3S/c11-7-1-3-8(4-2-7)18(16,17)14-10-12-6-5-9(15)13-10/h1-6H,11H2,(H2,12,13,14,15). The summed E-state index contributed by atoms with van der Waals surface area (Å²) < 4.78 is 26.0. The van der Waals surface area contributed by atoms with Crippen LogP contribution in [0, 0.1) is 0 Å². The summed E-state index contributed by atoms with van der Waals surface area (Å²) in [5, 5.41) is 0. The molecule has 0 unspecified atom stereocenters. The average Bonchev–Trinajstić information content (AvgIpc) is 2.29. The molecular formula is C10H10N4O3S. The van der Waals surface area contributed by atoms with Gasteiger partial charge >= 0.3 is 0 Å². The summed E-state index contributed by atoms with van der Waals surface area (Å²) in [7, 11) is -3.79. The number of nitrogens with two attached hydrogens (primary N) is 1. The van der Waals surface area contributed by atoms with Gasteiger partial charge in [0, 0.05) is 18.0 Å². The highest BCUT2D eigenvalue weighted by molar-refractivity contribution is 7.92. The Labute approximate surface area is 103 Å². The van der Waals surface area contributed by atoms with Crippen molar-refractivity contribution in [2.75, 3.05) is 10.5 Å². The topological polar surface area (TPSA) is 118 Å². The van der Waals surface area contributed by atoms with Gasteiger partial charge in [0.05, 0.1) is 4.90 Å². The Morgan fingerprint density at radius 1 is 1.17 bits per heavy atom. The smallest absolute Gasteiger partial charge is 0.264 e.